The van der Waals surface area contributed by atoms with Crippen LogP contribution < -0.4 is 0 Å². The van der Waals surface area contributed by atoms with E-state index in [4.69, 9.17) is 0 Å². The number of aromatic nitrogens is 2. The summed E-state index contributed by atoms with van der Waals surface area (Å²) in [7, 11) is 2.17. The van der Waals surface area contributed by atoms with Gasteiger partial charge in [-0.2, -0.15) is 0 Å². The molecular weight excluding hydrogens is 226 g/mol. The molecule has 2 aromatic heterocycles. The summed E-state index contributed by atoms with van der Waals surface area (Å²) in [6, 6.07) is 3.72. The van der Waals surface area contributed by atoms with Gasteiger partial charge in [0.1, 0.15) is 12.1 Å². The highest BCUT2D eigenvalue weighted by atomic mass is 16.1. The van der Waals surface area contributed by atoms with Crippen molar-refractivity contribution in [1.82, 2.24) is 14.3 Å². The zero-order chi connectivity index (χ0) is 12.5. The zero-order valence-electron chi connectivity index (χ0n) is 10.5. The first-order valence-corrected chi connectivity index (χ1v) is 6.36. The predicted molar refractivity (Wildman–Crippen MR) is 69.9 cm³/mol. The van der Waals surface area contributed by atoms with E-state index in [1.807, 2.05) is 24.5 Å². The average Bonchev–Trinajstić information content (AvgIpc) is 2.96. The van der Waals surface area contributed by atoms with Gasteiger partial charge in [-0.25, -0.2) is 4.98 Å². The van der Waals surface area contributed by atoms with Crippen molar-refractivity contribution in [3.63, 3.8) is 0 Å². The molecule has 3 heterocycles. The van der Waals surface area contributed by atoms with Crippen molar-refractivity contribution in [3.8, 4) is 0 Å². The number of carbonyl (C=O) groups is 1. The van der Waals surface area contributed by atoms with Gasteiger partial charge >= 0.3 is 0 Å². The predicted octanol–water partition coefficient (Wildman–Crippen LogP) is 1.64. The molecule has 0 N–H and O–H groups in total. The number of imidazole rings is 1. The summed E-state index contributed by atoms with van der Waals surface area (Å²) in [6.45, 7) is 2.34. The maximum Gasteiger partial charge on any atom is 0.150 e. The molecule has 0 aromatic carbocycles. The number of rotatable bonds is 3. The topological polar surface area (TPSA) is 37.6 Å². The SMILES string of the molecule is CN1CCC(Cc2ncc3cc(C=O)ccn23)C1. The van der Waals surface area contributed by atoms with Crippen LogP contribution >= 0.6 is 0 Å². The standard InChI is InChI=1S/C14H17N3O/c1-16-4-2-11(9-16)7-14-15-8-13-6-12(10-18)3-5-17(13)14/h3,5-6,8,10-11H,2,4,7,9H2,1H3. The van der Waals surface area contributed by atoms with Gasteiger partial charge in [0.05, 0.1) is 11.7 Å². The Balaban J connectivity index is 1.86. The summed E-state index contributed by atoms with van der Waals surface area (Å²) in [5, 5.41) is 0. The van der Waals surface area contributed by atoms with E-state index >= 15 is 0 Å². The van der Waals surface area contributed by atoms with Crippen LogP contribution in [0.1, 0.15) is 22.6 Å². The van der Waals surface area contributed by atoms with Crippen LogP contribution in [0.5, 0.6) is 0 Å². The minimum absolute atomic E-state index is 0.700. The number of fused-ring (bicyclic) bond motifs is 1. The molecule has 0 radical (unpaired) electrons. The second-order valence-electron chi connectivity index (χ2n) is 5.17. The highest BCUT2D eigenvalue weighted by molar-refractivity contribution is 5.77. The Morgan fingerprint density at radius 1 is 1.56 bits per heavy atom. The molecule has 0 bridgehead atoms. The lowest BCUT2D eigenvalue weighted by molar-refractivity contribution is 0.112. The lowest BCUT2D eigenvalue weighted by Crippen LogP contribution is -2.15. The molecule has 4 nitrogen and oxygen atoms in total. The van der Waals surface area contributed by atoms with Gasteiger partial charge in [-0.15, -0.1) is 0 Å². The Kier molecular flexibility index (Phi) is 2.88. The summed E-state index contributed by atoms with van der Waals surface area (Å²) in [5.74, 6) is 1.80. The summed E-state index contributed by atoms with van der Waals surface area (Å²) >= 11 is 0. The van der Waals surface area contributed by atoms with Gasteiger partial charge < -0.3 is 9.30 Å². The molecule has 0 spiro atoms. The fraction of sp³-hybridized carbons (Fsp3) is 0.429. The first kappa shape index (κ1) is 11.4. The zero-order valence-corrected chi connectivity index (χ0v) is 10.5. The number of hydrogen-bond acceptors (Lipinski definition) is 3. The first-order chi connectivity index (χ1) is 8.76. The van der Waals surface area contributed by atoms with Crippen LogP contribution in [0.25, 0.3) is 5.52 Å². The summed E-state index contributed by atoms with van der Waals surface area (Å²) in [5.41, 5.74) is 1.70. The Hall–Kier alpha value is -1.68. The van der Waals surface area contributed by atoms with E-state index in [2.05, 4.69) is 21.3 Å². The Morgan fingerprint density at radius 3 is 3.17 bits per heavy atom. The normalized spacial score (nSPS) is 20.6. The molecule has 18 heavy (non-hydrogen) atoms. The number of aldehydes is 1. The average molecular weight is 243 g/mol. The maximum atomic E-state index is 10.7. The van der Waals surface area contributed by atoms with E-state index in [9.17, 15) is 4.79 Å². The molecule has 0 saturated carbocycles. The minimum atomic E-state index is 0.700. The second-order valence-corrected chi connectivity index (χ2v) is 5.17. The van der Waals surface area contributed by atoms with E-state index in [1.165, 1.54) is 13.0 Å². The summed E-state index contributed by atoms with van der Waals surface area (Å²) < 4.78 is 2.09. The second kappa shape index (κ2) is 4.53. The van der Waals surface area contributed by atoms with Crippen molar-refractivity contribution in [2.24, 2.45) is 5.92 Å². The molecular formula is C14H17N3O. The van der Waals surface area contributed by atoms with Gasteiger partial charge in [0.2, 0.25) is 0 Å². The molecule has 1 aliphatic rings. The molecule has 94 valence electrons. The molecule has 1 saturated heterocycles. The van der Waals surface area contributed by atoms with Crippen molar-refractivity contribution in [3.05, 3.63) is 35.9 Å². The molecule has 1 unspecified atom stereocenters. The highest BCUT2D eigenvalue weighted by Gasteiger charge is 2.21. The van der Waals surface area contributed by atoms with Crippen molar-refractivity contribution < 1.29 is 4.79 Å². The van der Waals surface area contributed by atoms with Crippen LogP contribution in [-0.4, -0.2) is 40.7 Å². The fourth-order valence-corrected chi connectivity index (χ4v) is 2.75. The molecule has 1 atom stereocenters. The van der Waals surface area contributed by atoms with Gasteiger partial charge in [0, 0.05) is 24.7 Å². The van der Waals surface area contributed by atoms with Crippen LogP contribution in [0.2, 0.25) is 0 Å². The largest absolute Gasteiger partial charge is 0.306 e. The van der Waals surface area contributed by atoms with Gasteiger partial charge in [0.25, 0.3) is 0 Å². The smallest absolute Gasteiger partial charge is 0.150 e. The van der Waals surface area contributed by atoms with Crippen molar-refractivity contribution in [2.45, 2.75) is 12.8 Å². The minimum Gasteiger partial charge on any atom is -0.306 e. The van der Waals surface area contributed by atoms with Crippen LogP contribution in [0.15, 0.2) is 24.5 Å². The lowest BCUT2D eigenvalue weighted by Gasteiger charge is -2.09. The number of pyridine rings is 1. The molecule has 1 aliphatic heterocycles. The number of likely N-dealkylation sites (tertiary alicyclic amines) is 1. The van der Waals surface area contributed by atoms with Gasteiger partial charge in [-0.3, -0.25) is 4.79 Å². The van der Waals surface area contributed by atoms with E-state index in [0.717, 1.165) is 30.6 Å². The summed E-state index contributed by atoms with van der Waals surface area (Å²) in [4.78, 5) is 17.6. The van der Waals surface area contributed by atoms with Crippen molar-refractivity contribution in [1.29, 1.82) is 0 Å². The molecule has 4 heteroatoms. The molecule has 1 fully saturated rings. The molecule has 3 rings (SSSR count). The van der Waals surface area contributed by atoms with Crippen molar-refractivity contribution in [2.75, 3.05) is 20.1 Å². The van der Waals surface area contributed by atoms with Gasteiger partial charge in [-0.05, 0) is 38.1 Å². The highest BCUT2D eigenvalue weighted by Crippen LogP contribution is 2.20. The van der Waals surface area contributed by atoms with E-state index in [1.54, 1.807) is 0 Å². The Labute approximate surface area is 106 Å². The van der Waals surface area contributed by atoms with Gasteiger partial charge in [-0.1, -0.05) is 0 Å². The first-order valence-electron chi connectivity index (χ1n) is 6.36. The van der Waals surface area contributed by atoms with Crippen LogP contribution in [-0.2, 0) is 6.42 Å². The third-order valence-electron chi connectivity index (χ3n) is 3.73. The maximum absolute atomic E-state index is 10.7. The van der Waals surface area contributed by atoms with Crippen LogP contribution in [0.3, 0.4) is 0 Å². The van der Waals surface area contributed by atoms with Crippen molar-refractivity contribution >= 4 is 11.8 Å². The van der Waals surface area contributed by atoms with Crippen LogP contribution in [0.4, 0.5) is 0 Å². The Bertz CT molecular complexity index is 575. The number of carbonyl (C=O) groups excluding carboxylic acids is 1. The van der Waals surface area contributed by atoms with Gasteiger partial charge in [0.15, 0.2) is 0 Å². The molecule has 0 aliphatic carbocycles. The lowest BCUT2D eigenvalue weighted by atomic mass is 10.0. The third-order valence-corrected chi connectivity index (χ3v) is 3.73. The summed E-state index contributed by atoms with van der Waals surface area (Å²) in [6.07, 6.45) is 6.93. The monoisotopic (exact) mass is 243 g/mol. The molecule has 2 aromatic rings. The molecule has 0 amide bonds. The van der Waals surface area contributed by atoms with E-state index < -0.39 is 0 Å². The van der Waals surface area contributed by atoms with E-state index in [-0.39, 0.29) is 0 Å². The third kappa shape index (κ3) is 2.04. The Morgan fingerprint density at radius 2 is 2.44 bits per heavy atom. The quantitative estimate of drug-likeness (QED) is 0.769. The van der Waals surface area contributed by atoms with E-state index in [0.29, 0.717) is 11.5 Å². The number of nitrogens with zero attached hydrogens (tertiary/aromatic N) is 3. The van der Waals surface area contributed by atoms with Crippen LogP contribution in [0, 0.1) is 5.92 Å². The number of hydrogen-bond donors (Lipinski definition) is 0. The fourth-order valence-electron chi connectivity index (χ4n) is 2.75.